The molecule has 1 aromatic rings. The topological polar surface area (TPSA) is 78.9 Å². The number of aliphatic carboxylic acids is 1. The third kappa shape index (κ3) is 7.21. The molecular weight excluding hydrogens is 413 g/mol. The first-order valence-electron chi connectivity index (χ1n) is 10.7. The number of halogens is 3. The number of carbonyl (C=O) groups excluding carboxylic acids is 1. The van der Waals surface area contributed by atoms with Gasteiger partial charge in [0, 0.05) is 38.7 Å². The van der Waals surface area contributed by atoms with Crippen molar-refractivity contribution in [1.82, 2.24) is 10.2 Å². The summed E-state index contributed by atoms with van der Waals surface area (Å²) in [6.07, 6.45) is -0.203. The number of carboxylic acid groups (broad SMARTS) is 1. The largest absolute Gasteiger partial charge is 0.490 e. The van der Waals surface area contributed by atoms with Gasteiger partial charge in [-0.15, -0.1) is 0 Å². The summed E-state index contributed by atoms with van der Waals surface area (Å²) in [6, 6.07) is 10.6. The maximum atomic E-state index is 12.7. The molecule has 3 atom stereocenters. The fraction of sp³-hybridized carbons (Fsp3) is 0.636. The van der Waals surface area contributed by atoms with Gasteiger partial charge >= 0.3 is 12.1 Å². The van der Waals surface area contributed by atoms with E-state index < -0.39 is 12.1 Å². The number of nitrogens with zero attached hydrogens (tertiary/aromatic N) is 1. The predicted molar refractivity (Wildman–Crippen MR) is 107 cm³/mol. The van der Waals surface area contributed by atoms with Crippen LogP contribution in [0.1, 0.15) is 24.8 Å². The molecule has 1 aliphatic carbocycles. The molecule has 3 aliphatic rings. The van der Waals surface area contributed by atoms with Crippen molar-refractivity contribution in [3.05, 3.63) is 35.9 Å². The lowest BCUT2D eigenvalue weighted by Gasteiger charge is -2.39. The van der Waals surface area contributed by atoms with Crippen LogP contribution in [0.15, 0.2) is 30.3 Å². The number of nitrogens with one attached hydrogen (secondary N) is 1. The third-order valence-electron chi connectivity index (χ3n) is 6.07. The molecule has 2 aliphatic heterocycles. The molecule has 1 saturated carbocycles. The minimum Gasteiger partial charge on any atom is -0.475 e. The molecule has 1 aromatic carbocycles. The fourth-order valence-electron chi connectivity index (χ4n) is 4.15. The highest BCUT2D eigenvalue weighted by Gasteiger charge is 2.44. The van der Waals surface area contributed by atoms with Crippen molar-refractivity contribution in [3.63, 3.8) is 0 Å². The first kappa shape index (κ1) is 23.5. The molecule has 1 amide bonds. The zero-order valence-corrected chi connectivity index (χ0v) is 17.3. The van der Waals surface area contributed by atoms with Crippen LogP contribution in [0.2, 0.25) is 0 Å². The van der Waals surface area contributed by atoms with Gasteiger partial charge in [0.1, 0.15) is 0 Å². The Hall–Kier alpha value is -2.13. The zero-order valence-electron chi connectivity index (χ0n) is 17.3. The zero-order chi connectivity index (χ0) is 22.4. The maximum absolute atomic E-state index is 12.7. The van der Waals surface area contributed by atoms with Crippen LogP contribution in [-0.2, 0) is 20.7 Å². The first-order valence-corrected chi connectivity index (χ1v) is 10.7. The highest BCUT2D eigenvalue weighted by molar-refractivity contribution is 5.79. The Labute approximate surface area is 179 Å². The number of ether oxygens (including phenoxy) is 1. The van der Waals surface area contributed by atoms with E-state index in [2.05, 4.69) is 40.5 Å². The number of alkyl halides is 3. The van der Waals surface area contributed by atoms with E-state index in [0.29, 0.717) is 5.92 Å². The molecule has 3 fully saturated rings. The van der Waals surface area contributed by atoms with Gasteiger partial charge in [-0.2, -0.15) is 13.2 Å². The van der Waals surface area contributed by atoms with Crippen LogP contribution in [0.3, 0.4) is 0 Å². The number of carbonyl (C=O) groups is 2. The lowest BCUT2D eigenvalue weighted by molar-refractivity contribution is -0.192. The normalized spacial score (nSPS) is 25.8. The molecule has 6 nitrogen and oxygen atoms in total. The second kappa shape index (κ2) is 10.5. The molecule has 4 rings (SSSR count). The van der Waals surface area contributed by atoms with E-state index in [-0.39, 0.29) is 17.9 Å². The van der Waals surface area contributed by atoms with Crippen LogP contribution in [0.4, 0.5) is 13.2 Å². The number of fused-ring (bicyclic) bond motifs is 1. The van der Waals surface area contributed by atoms with Crippen molar-refractivity contribution in [2.75, 3.05) is 32.8 Å². The molecule has 2 N–H and O–H groups in total. The molecule has 0 aromatic heterocycles. The van der Waals surface area contributed by atoms with Gasteiger partial charge in [-0.25, -0.2) is 4.79 Å². The summed E-state index contributed by atoms with van der Waals surface area (Å²) >= 11 is 0. The van der Waals surface area contributed by atoms with Crippen LogP contribution in [0, 0.1) is 17.8 Å². The number of hydrogen-bond donors (Lipinski definition) is 2. The Balaban J connectivity index is 0.000000339. The molecule has 31 heavy (non-hydrogen) atoms. The smallest absolute Gasteiger partial charge is 0.475 e. The fourth-order valence-corrected chi connectivity index (χ4v) is 4.15. The predicted octanol–water partition coefficient (Wildman–Crippen LogP) is 2.73. The van der Waals surface area contributed by atoms with Crippen LogP contribution in [0.25, 0.3) is 0 Å². The van der Waals surface area contributed by atoms with Crippen molar-refractivity contribution in [2.24, 2.45) is 17.8 Å². The number of carboxylic acids is 1. The van der Waals surface area contributed by atoms with Gasteiger partial charge in [-0.1, -0.05) is 30.3 Å². The van der Waals surface area contributed by atoms with Crippen LogP contribution in [-0.4, -0.2) is 66.9 Å². The molecule has 9 heteroatoms. The van der Waals surface area contributed by atoms with Gasteiger partial charge in [-0.05, 0) is 37.2 Å². The lowest BCUT2D eigenvalue weighted by Crippen LogP contribution is -2.53. The van der Waals surface area contributed by atoms with Gasteiger partial charge in [0.15, 0.2) is 0 Å². The van der Waals surface area contributed by atoms with Crippen LogP contribution < -0.4 is 5.32 Å². The van der Waals surface area contributed by atoms with Crippen LogP contribution >= 0.6 is 0 Å². The van der Waals surface area contributed by atoms with E-state index >= 15 is 0 Å². The van der Waals surface area contributed by atoms with E-state index in [1.54, 1.807) is 0 Å². The van der Waals surface area contributed by atoms with Crippen LogP contribution in [0.5, 0.6) is 0 Å². The van der Waals surface area contributed by atoms with Crippen molar-refractivity contribution >= 4 is 11.9 Å². The number of benzene rings is 1. The Bertz CT molecular complexity index is 740. The highest BCUT2D eigenvalue weighted by atomic mass is 19.4. The summed E-state index contributed by atoms with van der Waals surface area (Å²) in [4.78, 5) is 24.0. The quantitative estimate of drug-likeness (QED) is 0.708. The third-order valence-corrected chi connectivity index (χ3v) is 6.07. The second-order valence-electron chi connectivity index (χ2n) is 8.45. The summed E-state index contributed by atoms with van der Waals surface area (Å²) in [7, 11) is 0. The molecule has 2 saturated heterocycles. The van der Waals surface area contributed by atoms with E-state index in [1.807, 2.05) is 0 Å². The number of likely N-dealkylation sites (tertiary alicyclic amines) is 1. The average molecular weight is 442 g/mol. The van der Waals surface area contributed by atoms with E-state index in [0.717, 1.165) is 51.5 Å². The number of hydrogen-bond acceptors (Lipinski definition) is 4. The standard InChI is InChI=1S/C20H28N2O2.C2HF3O2/c23-20(21-12-16-6-7-16)18-13-22(14-19-17(18)9-11-24-19)10-8-15-4-2-1-3-5-15;3-2(4,5)1(6)7/h1-5,16-19H,6-14H2,(H,21,23);(H,6,7)/t17-,18+,19+;/m0./s1. The van der Waals surface area contributed by atoms with Crippen molar-refractivity contribution < 1.29 is 32.6 Å². The lowest BCUT2D eigenvalue weighted by atomic mass is 9.82. The minimum atomic E-state index is -5.08. The number of piperidine rings is 1. The summed E-state index contributed by atoms with van der Waals surface area (Å²) < 4.78 is 37.7. The average Bonchev–Trinajstić information content (AvgIpc) is 3.45. The summed E-state index contributed by atoms with van der Waals surface area (Å²) in [6.45, 7) is 4.55. The van der Waals surface area contributed by atoms with Gasteiger partial charge in [-0.3, -0.25) is 9.69 Å². The van der Waals surface area contributed by atoms with Crippen molar-refractivity contribution in [3.8, 4) is 0 Å². The monoisotopic (exact) mass is 442 g/mol. The molecule has 0 spiro atoms. The molecule has 0 unspecified atom stereocenters. The molecule has 2 heterocycles. The highest BCUT2D eigenvalue weighted by Crippen LogP contribution is 2.34. The molecule has 172 valence electrons. The minimum absolute atomic E-state index is 0.0979. The summed E-state index contributed by atoms with van der Waals surface area (Å²) in [5.41, 5.74) is 1.36. The Morgan fingerprint density at radius 3 is 2.42 bits per heavy atom. The Morgan fingerprint density at radius 1 is 1.13 bits per heavy atom. The van der Waals surface area contributed by atoms with Crippen molar-refractivity contribution in [2.45, 2.75) is 38.0 Å². The van der Waals surface area contributed by atoms with Crippen molar-refractivity contribution in [1.29, 1.82) is 0 Å². The molecule has 0 bridgehead atoms. The van der Waals surface area contributed by atoms with E-state index in [9.17, 15) is 18.0 Å². The Kier molecular flexibility index (Phi) is 7.94. The summed E-state index contributed by atoms with van der Waals surface area (Å²) in [5, 5.41) is 10.3. The molecular formula is C22H29F3N2O4. The number of rotatable bonds is 6. The van der Waals surface area contributed by atoms with Gasteiger partial charge < -0.3 is 15.2 Å². The summed E-state index contributed by atoms with van der Waals surface area (Å²) in [5.74, 6) is -1.25. The van der Waals surface area contributed by atoms with E-state index in [4.69, 9.17) is 14.6 Å². The van der Waals surface area contributed by atoms with Gasteiger partial charge in [0.05, 0.1) is 12.0 Å². The van der Waals surface area contributed by atoms with E-state index in [1.165, 1.54) is 18.4 Å². The molecule has 0 radical (unpaired) electrons. The number of amides is 1. The van der Waals surface area contributed by atoms with Gasteiger partial charge in [0.2, 0.25) is 5.91 Å². The van der Waals surface area contributed by atoms with Gasteiger partial charge in [0.25, 0.3) is 0 Å². The SMILES string of the molecule is O=C(NCC1CC1)[C@@H]1CN(CCc2ccccc2)C[C@H]2OCC[C@H]21.O=C(O)C(F)(F)F. The second-order valence-corrected chi connectivity index (χ2v) is 8.45. The Morgan fingerprint density at radius 2 is 1.81 bits per heavy atom. The first-order chi connectivity index (χ1) is 14.7. The maximum Gasteiger partial charge on any atom is 0.490 e.